The highest BCUT2D eigenvalue weighted by atomic mass is 32.1. The molecule has 22 heavy (non-hydrogen) atoms. The molecular weight excluding hydrogens is 318 g/mol. The summed E-state index contributed by atoms with van der Waals surface area (Å²) in [7, 11) is 0. The average molecular weight is 331 g/mol. The Morgan fingerprint density at radius 2 is 2.14 bits per heavy atom. The van der Waals surface area contributed by atoms with Gasteiger partial charge in [0.05, 0.1) is 11.2 Å². The zero-order chi connectivity index (χ0) is 15.4. The highest BCUT2D eigenvalue weighted by molar-refractivity contribution is 7.18. The Morgan fingerprint density at radius 3 is 2.91 bits per heavy atom. The van der Waals surface area contributed by atoms with Gasteiger partial charge >= 0.3 is 0 Å². The summed E-state index contributed by atoms with van der Waals surface area (Å²) < 4.78 is 0. The standard InChI is InChI=1S/C14H13N5OS2/c1-2-5-11-16-8-10(21-11)12(20)17-14-19-18-13(22-14)9-6-3-4-7-15-9/h3-4,6-8H,2,5H2,1H3,(H,17,19,20). The Labute approximate surface area is 135 Å². The molecule has 0 spiro atoms. The van der Waals surface area contributed by atoms with E-state index in [0.29, 0.717) is 15.0 Å². The van der Waals surface area contributed by atoms with Crippen molar-refractivity contribution in [1.29, 1.82) is 0 Å². The molecule has 0 aliphatic carbocycles. The van der Waals surface area contributed by atoms with Crippen LogP contribution in [-0.2, 0) is 6.42 Å². The third-order valence-electron chi connectivity index (χ3n) is 2.77. The number of anilines is 1. The molecule has 0 fully saturated rings. The molecule has 1 amide bonds. The van der Waals surface area contributed by atoms with E-state index in [9.17, 15) is 4.79 Å². The van der Waals surface area contributed by atoms with Gasteiger partial charge in [-0.3, -0.25) is 15.1 Å². The second kappa shape index (κ2) is 6.71. The number of hydrogen-bond donors (Lipinski definition) is 1. The first kappa shape index (κ1) is 14.7. The van der Waals surface area contributed by atoms with Gasteiger partial charge in [0.25, 0.3) is 5.91 Å². The first-order valence-electron chi connectivity index (χ1n) is 6.77. The van der Waals surface area contributed by atoms with Crippen molar-refractivity contribution >= 4 is 33.7 Å². The fraction of sp³-hybridized carbons (Fsp3) is 0.214. The number of hydrogen-bond acceptors (Lipinski definition) is 7. The minimum Gasteiger partial charge on any atom is -0.296 e. The van der Waals surface area contributed by atoms with Gasteiger partial charge in [-0.05, 0) is 25.0 Å². The van der Waals surface area contributed by atoms with Gasteiger partial charge < -0.3 is 0 Å². The third-order valence-corrected chi connectivity index (χ3v) is 4.69. The SMILES string of the molecule is CCCc1ncc(C(=O)Nc2nnc(-c3ccccn3)s2)s1. The van der Waals surface area contributed by atoms with Gasteiger partial charge in [0, 0.05) is 6.20 Å². The number of nitrogens with one attached hydrogen (secondary N) is 1. The lowest BCUT2D eigenvalue weighted by Gasteiger charge is -1.96. The Kier molecular flexibility index (Phi) is 4.50. The first-order chi connectivity index (χ1) is 10.8. The summed E-state index contributed by atoms with van der Waals surface area (Å²) in [5.74, 6) is -0.205. The number of carbonyl (C=O) groups is 1. The van der Waals surface area contributed by atoms with Crippen LogP contribution in [0.5, 0.6) is 0 Å². The van der Waals surface area contributed by atoms with Gasteiger partial charge in [0.1, 0.15) is 10.6 Å². The Bertz CT molecular complexity index is 768. The van der Waals surface area contributed by atoms with Gasteiger partial charge in [-0.15, -0.1) is 21.5 Å². The van der Waals surface area contributed by atoms with Crippen LogP contribution >= 0.6 is 22.7 Å². The van der Waals surface area contributed by atoms with Crippen LogP contribution in [0, 0.1) is 0 Å². The lowest BCUT2D eigenvalue weighted by atomic mass is 10.4. The fourth-order valence-corrected chi connectivity index (χ4v) is 3.40. The molecule has 3 heterocycles. The topological polar surface area (TPSA) is 80.7 Å². The molecule has 3 aromatic rings. The van der Waals surface area contributed by atoms with Crippen molar-refractivity contribution < 1.29 is 4.79 Å². The molecule has 3 aromatic heterocycles. The van der Waals surface area contributed by atoms with Crippen molar-refractivity contribution in [1.82, 2.24) is 20.2 Å². The van der Waals surface area contributed by atoms with Gasteiger partial charge in [-0.1, -0.05) is 24.3 Å². The number of thiazole rings is 1. The van der Waals surface area contributed by atoms with Gasteiger partial charge in [0.2, 0.25) is 5.13 Å². The van der Waals surface area contributed by atoms with Crippen LogP contribution < -0.4 is 5.32 Å². The summed E-state index contributed by atoms with van der Waals surface area (Å²) >= 11 is 2.70. The molecule has 0 unspecified atom stereocenters. The summed E-state index contributed by atoms with van der Waals surface area (Å²) in [5, 5.41) is 12.9. The van der Waals surface area contributed by atoms with Crippen molar-refractivity contribution in [3.63, 3.8) is 0 Å². The van der Waals surface area contributed by atoms with Crippen LogP contribution in [0.4, 0.5) is 5.13 Å². The van der Waals surface area contributed by atoms with E-state index in [1.165, 1.54) is 22.7 Å². The van der Waals surface area contributed by atoms with Crippen LogP contribution in [0.2, 0.25) is 0 Å². The molecule has 8 heteroatoms. The van der Waals surface area contributed by atoms with E-state index in [1.807, 2.05) is 18.2 Å². The van der Waals surface area contributed by atoms with Crippen LogP contribution in [0.15, 0.2) is 30.6 Å². The zero-order valence-electron chi connectivity index (χ0n) is 11.8. The lowest BCUT2D eigenvalue weighted by molar-refractivity contribution is 0.103. The molecule has 0 atom stereocenters. The smallest absolute Gasteiger partial charge is 0.269 e. The Balaban J connectivity index is 1.70. The van der Waals surface area contributed by atoms with Crippen molar-refractivity contribution in [2.45, 2.75) is 19.8 Å². The Hall–Kier alpha value is -2.19. The predicted molar refractivity (Wildman–Crippen MR) is 87.2 cm³/mol. The quantitative estimate of drug-likeness (QED) is 0.776. The fourth-order valence-electron chi connectivity index (χ4n) is 1.77. The van der Waals surface area contributed by atoms with E-state index >= 15 is 0 Å². The molecule has 0 saturated heterocycles. The minimum absolute atomic E-state index is 0.205. The average Bonchev–Trinajstić information content (AvgIpc) is 3.18. The number of amides is 1. The monoisotopic (exact) mass is 331 g/mol. The van der Waals surface area contributed by atoms with Crippen molar-refractivity contribution in [3.8, 4) is 10.7 Å². The van der Waals surface area contributed by atoms with Crippen molar-refractivity contribution in [2.24, 2.45) is 0 Å². The molecule has 0 aliphatic heterocycles. The number of rotatable bonds is 5. The molecule has 3 rings (SSSR count). The molecular formula is C14H13N5OS2. The largest absolute Gasteiger partial charge is 0.296 e. The maximum Gasteiger partial charge on any atom is 0.269 e. The van der Waals surface area contributed by atoms with Gasteiger partial charge in [0.15, 0.2) is 5.01 Å². The van der Waals surface area contributed by atoms with E-state index in [4.69, 9.17) is 0 Å². The van der Waals surface area contributed by atoms with Crippen LogP contribution in [-0.4, -0.2) is 26.1 Å². The van der Waals surface area contributed by atoms with E-state index < -0.39 is 0 Å². The molecule has 112 valence electrons. The summed E-state index contributed by atoms with van der Waals surface area (Å²) in [6, 6.07) is 5.58. The third kappa shape index (κ3) is 3.34. The van der Waals surface area contributed by atoms with E-state index in [1.54, 1.807) is 12.4 Å². The normalized spacial score (nSPS) is 10.6. The summed E-state index contributed by atoms with van der Waals surface area (Å²) in [4.78, 5) is 21.2. The molecule has 0 bridgehead atoms. The molecule has 0 aromatic carbocycles. The Morgan fingerprint density at radius 1 is 1.23 bits per heavy atom. The summed E-state index contributed by atoms with van der Waals surface area (Å²) in [6.45, 7) is 2.08. The summed E-state index contributed by atoms with van der Waals surface area (Å²) in [6.07, 6.45) is 5.20. The van der Waals surface area contributed by atoms with Crippen LogP contribution in [0.25, 0.3) is 10.7 Å². The van der Waals surface area contributed by atoms with Crippen molar-refractivity contribution in [3.05, 3.63) is 40.5 Å². The predicted octanol–water partition coefficient (Wildman–Crippen LogP) is 3.26. The number of pyridine rings is 1. The zero-order valence-corrected chi connectivity index (χ0v) is 13.4. The number of aryl methyl sites for hydroxylation is 1. The number of nitrogens with zero attached hydrogens (tertiary/aromatic N) is 4. The highest BCUT2D eigenvalue weighted by Gasteiger charge is 2.14. The molecule has 0 radical (unpaired) electrons. The molecule has 6 nitrogen and oxygen atoms in total. The molecule has 1 N–H and O–H groups in total. The minimum atomic E-state index is -0.205. The van der Waals surface area contributed by atoms with Gasteiger partial charge in [-0.25, -0.2) is 4.98 Å². The molecule has 0 aliphatic rings. The highest BCUT2D eigenvalue weighted by Crippen LogP contribution is 2.25. The maximum absolute atomic E-state index is 12.2. The molecule has 0 saturated carbocycles. The second-order valence-corrected chi connectivity index (χ2v) is 6.54. The van der Waals surface area contributed by atoms with E-state index in [0.717, 1.165) is 23.5 Å². The van der Waals surface area contributed by atoms with Gasteiger partial charge in [-0.2, -0.15) is 0 Å². The van der Waals surface area contributed by atoms with Crippen LogP contribution in [0.3, 0.4) is 0 Å². The summed E-state index contributed by atoms with van der Waals surface area (Å²) in [5.41, 5.74) is 0.739. The van der Waals surface area contributed by atoms with E-state index in [2.05, 4.69) is 32.4 Å². The van der Waals surface area contributed by atoms with Crippen LogP contribution in [0.1, 0.15) is 28.0 Å². The number of aromatic nitrogens is 4. The van der Waals surface area contributed by atoms with E-state index in [-0.39, 0.29) is 5.91 Å². The second-order valence-electron chi connectivity index (χ2n) is 4.45. The lowest BCUT2D eigenvalue weighted by Crippen LogP contribution is -2.09. The first-order valence-corrected chi connectivity index (χ1v) is 8.40. The maximum atomic E-state index is 12.2. The van der Waals surface area contributed by atoms with Crippen molar-refractivity contribution in [2.75, 3.05) is 5.32 Å². The number of carbonyl (C=O) groups excluding carboxylic acids is 1.